The van der Waals surface area contributed by atoms with E-state index in [9.17, 15) is 19.2 Å². The summed E-state index contributed by atoms with van der Waals surface area (Å²) in [4.78, 5) is 59.7. The Morgan fingerprint density at radius 1 is 0.342 bits per heavy atom. The summed E-state index contributed by atoms with van der Waals surface area (Å²) in [5.74, 6) is -14.9. The maximum Gasteiger partial charge on any atom is 0.323 e. The Morgan fingerprint density at radius 3 is 0.708 bits per heavy atom. The summed E-state index contributed by atoms with van der Waals surface area (Å²) in [5, 5.41) is 0. The van der Waals surface area contributed by atoms with Gasteiger partial charge in [0.05, 0.1) is 65.0 Å². The van der Waals surface area contributed by atoms with Gasteiger partial charge in [-0.05, 0) is 191 Å². The van der Waals surface area contributed by atoms with Crippen LogP contribution in [0.1, 0.15) is 271 Å². The molecule has 0 radical (unpaired) electrons. The number of carbonyl (C=O) groups is 4. The molecule has 0 aliphatic carbocycles. The minimum Gasteiger partial charge on any atom is -0.493 e. The lowest BCUT2D eigenvalue weighted by molar-refractivity contribution is -0.161. The van der Waals surface area contributed by atoms with Crippen molar-refractivity contribution in [3.05, 3.63) is 93.0 Å². The summed E-state index contributed by atoms with van der Waals surface area (Å²) in [7, 11) is 3.68. The number of esters is 4. The summed E-state index contributed by atoms with van der Waals surface area (Å²) < 4.78 is 310. The first-order chi connectivity index (χ1) is 68.5. The number of piperidine rings is 4. The molecule has 0 bridgehead atoms. The van der Waals surface area contributed by atoms with Gasteiger partial charge >= 0.3 is 23.9 Å². The molecule has 8 aliphatic rings. The van der Waals surface area contributed by atoms with Crippen molar-refractivity contribution in [2.75, 3.05) is 109 Å². The molecule has 0 saturated carbocycles. The van der Waals surface area contributed by atoms with Crippen LogP contribution in [-0.4, -0.2) is 201 Å². The number of hydrogen-bond acceptors (Lipinski definition) is 24. The van der Waals surface area contributed by atoms with Crippen LogP contribution in [0.25, 0.3) is 0 Å². The summed E-state index contributed by atoms with van der Waals surface area (Å²) in [6.45, 7) is 9.28. The Hall–Kier alpha value is -7.16. The van der Waals surface area contributed by atoms with Gasteiger partial charge in [-0.1, -0.05) is 110 Å². The summed E-state index contributed by atoms with van der Waals surface area (Å²) in [6.07, 6.45) is -11.1. The van der Waals surface area contributed by atoms with Crippen molar-refractivity contribution in [3.8, 4) is 46.0 Å². The second kappa shape index (κ2) is 43.9. The van der Waals surface area contributed by atoms with Crippen LogP contribution in [0.15, 0.2) is 48.5 Å². The number of ether oxygens (including phenoxy) is 12. The fourth-order valence-corrected chi connectivity index (χ4v) is 17.3. The van der Waals surface area contributed by atoms with Gasteiger partial charge in [0.2, 0.25) is 0 Å². The number of hydrogen-bond donors (Lipinski definition) is 4. The lowest BCUT2D eigenvalue weighted by Crippen LogP contribution is -2.51. The van der Waals surface area contributed by atoms with Crippen LogP contribution in [0.3, 0.4) is 0 Å². The van der Waals surface area contributed by atoms with E-state index in [0.29, 0.717) is 74.9 Å². The molecule has 120 heavy (non-hydrogen) atoms. The maximum absolute atomic E-state index is 12.9. The van der Waals surface area contributed by atoms with Gasteiger partial charge in [-0.25, -0.2) is 0 Å². The van der Waals surface area contributed by atoms with Crippen molar-refractivity contribution in [3.63, 3.8) is 0 Å². The number of carbonyl (C=O) groups excluding carboxylic acids is 4. The molecular weight excluding hydrogens is 1520 g/mol. The Morgan fingerprint density at radius 2 is 0.533 bits per heavy atom. The topological polar surface area (TPSA) is 296 Å². The molecule has 4 fully saturated rings. The minimum absolute atomic E-state index is 0.0341. The standard InChI is InChI=1S/4C24H38N2O4/c4*1-14(2)9-17-13-26-8-7-16-10-21(28-5)22(29-6)11-18(16)19(26)12-20(17)30-24(27)23(25)15(3)4/h4*10-11,14-15,17,19-20,23H,7-9,12-13,25H2,1-6H3/t4*17-,19-,20+,23+/m1111/s1/i2*1D3,5D3,9D2,14D;2*1D3,9D2,14D/t4*14?,17-,19-,20+,23+. The van der Waals surface area contributed by atoms with Crippen LogP contribution >= 0.6 is 0 Å². The highest BCUT2D eigenvalue weighted by atomic mass is 16.6. The van der Waals surface area contributed by atoms with Gasteiger partial charge in [0, 0.05) is 159 Å². The third kappa shape index (κ3) is 23.8. The first kappa shape index (κ1) is 62.0. The molecule has 24 heteroatoms. The predicted molar refractivity (Wildman–Crippen MR) is 471 cm³/mol. The Bertz CT molecular complexity index is 5010. The zero-order valence-electron chi connectivity index (χ0n) is 103. The van der Waals surface area contributed by atoms with Crippen LogP contribution in [0.4, 0.5) is 0 Å². The molecule has 12 rings (SSSR count). The average molecular weight is 1700 g/mol. The summed E-state index contributed by atoms with van der Waals surface area (Å²) in [5.41, 5.74) is 31.4. The molecular formula is C96H152N8O16. The van der Waals surface area contributed by atoms with E-state index in [-0.39, 0.29) is 123 Å². The highest BCUT2D eigenvalue weighted by molar-refractivity contribution is 5.77. The SMILES string of the molecule is [2H]C([2H])([2H])C([2H])(C)C([2H])([2H])[C@@H]1CN2CCc3cc(OC)c(OC)cc3[C@H]2C[C@@H]1OC(=O)[C@@H](N)C(C)C.[2H]C([2H])([2H])C([2H])(C)C([2H])([2H])[C@@H]1CN2CCc3cc(OC)c(OC)cc3[C@H]2C[C@@H]1OC(=O)[C@@H](N)C(C)C.[2H]C([2H])([2H])Oc1cc2c(cc1OC)[C@H]1C[C@H](OC(=O)[C@@H](N)C(C)C)[C@H](C([2H])([2H])C([2H])(C)C([2H])([2H])[2H])CN1CC2.[2H]C([2H])([2H])Oc1cc2c(cc1OC)[C@H]1C[C@H](OC(=O)[C@@H](N)C(C)C)[C@H](C([2H])([2H])C([2H])(C)C([2H])([2H])[2H])CN1CC2. The number of benzene rings is 4. The van der Waals surface area contributed by atoms with E-state index >= 15 is 0 Å². The van der Waals surface area contributed by atoms with Gasteiger partial charge in [0.15, 0.2) is 46.0 Å². The second-order valence-corrected chi connectivity index (χ2v) is 33.9. The minimum atomic E-state index is -2.93. The fourth-order valence-electron chi connectivity index (χ4n) is 17.3. The molecule has 8 aliphatic heterocycles. The summed E-state index contributed by atoms with van der Waals surface area (Å²) >= 11 is 0. The molecule has 672 valence electrons. The molecule has 4 aromatic carbocycles. The van der Waals surface area contributed by atoms with Crippen LogP contribution in [0.5, 0.6) is 46.0 Å². The fraction of sp³-hybridized carbons (Fsp3) is 0.708. The van der Waals surface area contributed by atoms with Crippen molar-refractivity contribution < 1.29 is 117 Å². The Labute approximate surface area is 760 Å². The average Bonchev–Trinajstić information content (AvgIpc) is 0.738. The molecule has 0 amide bonds. The van der Waals surface area contributed by atoms with Crippen molar-refractivity contribution >= 4 is 23.9 Å². The normalized spacial score (nSPS) is 31.6. The van der Waals surface area contributed by atoms with Crippen LogP contribution < -0.4 is 60.8 Å². The van der Waals surface area contributed by atoms with E-state index in [2.05, 4.69) is 9.80 Å². The zero-order chi connectivity index (χ0) is 114. The second-order valence-electron chi connectivity index (χ2n) is 33.9. The Kier molecular flexibility index (Phi) is 22.7. The van der Waals surface area contributed by atoms with Gasteiger partial charge in [0.1, 0.15) is 48.6 Å². The molecule has 4 saturated heterocycles. The summed E-state index contributed by atoms with van der Waals surface area (Å²) in [6, 6.07) is 9.38. The van der Waals surface area contributed by atoms with Gasteiger partial charge < -0.3 is 79.8 Å². The van der Waals surface area contributed by atoms with Crippen molar-refractivity contribution in [1.29, 1.82) is 0 Å². The lowest BCUT2D eigenvalue weighted by Gasteiger charge is -2.47. The number of rotatable bonds is 28. The van der Waals surface area contributed by atoms with E-state index in [1.54, 1.807) is 108 Å². The van der Waals surface area contributed by atoms with Crippen LogP contribution in [0.2, 0.25) is 0 Å². The molecule has 0 spiro atoms. The third-order valence-corrected chi connectivity index (χ3v) is 24.2. The van der Waals surface area contributed by atoms with Crippen LogP contribution in [-0.2, 0) is 63.8 Å². The number of methoxy groups -OCH3 is 8. The van der Waals surface area contributed by atoms with E-state index in [4.69, 9.17) is 121 Å². The highest BCUT2D eigenvalue weighted by Crippen LogP contribution is 2.50. The number of nitrogens with two attached hydrogens (primary N) is 4. The van der Waals surface area contributed by atoms with E-state index in [1.165, 1.54) is 14.2 Å². The third-order valence-electron chi connectivity index (χ3n) is 24.2. The molecule has 8 N–H and O–H groups in total. The molecule has 8 heterocycles. The smallest absolute Gasteiger partial charge is 0.323 e. The van der Waals surface area contributed by atoms with Gasteiger partial charge in [-0.3, -0.25) is 38.8 Å². The maximum atomic E-state index is 12.9. The predicted octanol–water partition coefficient (Wildman–Crippen LogP) is 14.3. The number of fused-ring (bicyclic) bond motifs is 12. The largest absolute Gasteiger partial charge is 0.493 e. The van der Waals surface area contributed by atoms with Crippen molar-refractivity contribution in [2.24, 2.45) is 93.9 Å². The quantitative estimate of drug-likeness (QED) is 0.0303. The van der Waals surface area contributed by atoms with Gasteiger partial charge in [0.25, 0.3) is 0 Å². The number of nitrogens with zero attached hydrogens (tertiary/aromatic N) is 4. The lowest BCUT2D eigenvalue weighted by atomic mass is 9.79. The monoisotopic (exact) mass is 1700 g/mol. The molecule has 20 atom stereocenters. The van der Waals surface area contributed by atoms with Crippen molar-refractivity contribution in [1.82, 2.24) is 19.6 Å². The van der Waals surface area contributed by atoms with Crippen molar-refractivity contribution in [2.45, 2.75) is 260 Å². The highest BCUT2D eigenvalue weighted by Gasteiger charge is 2.47. The first-order valence-electron chi connectivity index (χ1n) is 56.6. The van der Waals surface area contributed by atoms with Gasteiger partial charge in [-0.15, -0.1) is 0 Å². The zero-order valence-corrected chi connectivity index (χ0v) is 73.1. The van der Waals surface area contributed by atoms with Gasteiger partial charge in [-0.2, -0.15) is 0 Å². The van der Waals surface area contributed by atoms with E-state index < -0.39 is 187 Å². The first-order valence-corrected chi connectivity index (χ1v) is 41.6. The van der Waals surface area contributed by atoms with Crippen LogP contribution in [0, 0.1) is 70.9 Å². The molecule has 4 aromatic rings. The van der Waals surface area contributed by atoms with E-state index in [0.717, 1.165) is 72.2 Å². The van der Waals surface area contributed by atoms with E-state index in [1.807, 2.05) is 34.1 Å². The Balaban J connectivity index is 0.000000222. The molecule has 4 unspecified atom stereocenters. The molecule has 0 aromatic heterocycles. The molecule has 24 nitrogen and oxygen atoms in total.